The molecule has 0 spiro atoms. The summed E-state index contributed by atoms with van der Waals surface area (Å²) in [7, 11) is 0. The lowest BCUT2D eigenvalue weighted by atomic mass is 10.1. The van der Waals surface area contributed by atoms with Crippen molar-refractivity contribution in [3.63, 3.8) is 0 Å². The Kier molecular flexibility index (Phi) is 7.65. The van der Waals surface area contributed by atoms with E-state index < -0.39 is 0 Å². The number of hydrogen-bond acceptors (Lipinski definition) is 4. The molecule has 2 amide bonds. The normalized spacial score (nSPS) is 12.0. The van der Waals surface area contributed by atoms with Gasteiger partial charge in [0.05, 0.1) is 12.6 Å². The molecule has 0 aromatic heterocycles. The number of amides is 2. The first-order valence-corrected chi connectivity index (χ1v) is 9.89. The van der Waals surface area contributed by atoms with Crippen molar-refractivity contribution in [2.45, 2.75) is 52.7 Å². The maximum atomic E-state index is 12.2. The van der Waals surface area contributed by atoms with E-state index >= 15 is 0 Å². The van der Waals surface area contributed by atoms with Gasteiger partial charge >= 0.3 is 0 Å². The highest BCUT2D eigenvalue weighted by atomic mass is 16.5. The fraction of sp³-hybridized carbons (Fsp3) is 0.391. The van der Waals surface area contributed by atoms with Crippen LogP contribution in [0, 0.1) is 0 Å². The van der Waals surface area contributed by atoms with Gasteiger partial charge in [0.25, 0.3) is 5.91 Å². The van der Waals surface area contributed by atoms with E-state index in [2.05, 4.69) is 22.9 Å². The van der Waals surface area contributed by atoms with Gasteiger partial charge in [0.1, 0.15) is 5.75 Å². The molecule has 0 bridgehead atoms. The average molecular weight is 398 g/mol. The lowest BCUT2D eigenvalue weighted by Gasteiger charge is -2.20. The Bertz CT molecular complexity index is 826. The molecule has 2 aromatic rings. The van der Waals surface area contributed by atoms with Crippen LogP contribution in [0.25, 0.3) is 0 Å². The fourth-order valence-electron chi connectivity index (χ4n) is 2.50. The van der Waals surface area contributed by atoms with Crippen molar-refractivity contribution in [2.75, 3.05) is 17.2 Å². The molecule has 2 aromatic carbocycles. The highest BCUT2D eigenvalue weighted by molar-refractivity contribution is 5.95. The quantitative estimate of drug-likeness (QED) is 0.615. The zero-order valence-corrected chi connectivity index (χ0v) is 17.8. The highest BCUT2D eigenvalue weighted by Gasteiger charge is 2.15. The van der Waals surface area contributed by atoms with Gasteiger partial charge in [-0.25, -0.2) is 0 Å². The van der Waals surface area contributed by atoms with Gasteiger partial charge in [-0.3, -0.25) is 9.59 Å². The lowest BCUT2D eigenvalue weighted by molar-refractivity contribution is -0.114. The third-order valence-corrected chi connectivity index (χ3v) is 4.12. The fourth-order valence-corrected chi connectivity index (χ4v) is 2.50. The van der Waals surface area contributed by atoms with E-state index in [0.29, 0.717) is 11.3 Å². The molecule has 29 heavy (non-hydrogen) atoms. The predicted octanol–water partition coefficient (Wildman–Crippen LogP) is 4.44. The van der Waals surface area contributed by atoms with E-state index in [4.69, 9.17) is 4.74 Å². The van der Waals surface area contributed by atoms with Crippen LogP contribution in [0.5, 0.6) is 5.75 Å². The van der Waals surface area contributed by atoms with Gasteiger partial charge in [0.15, 0.2) is 0 Å². The Labute approximate surface area is 173 Å². The van der Waals surface area contributed by atoms with Crippen LogP contribution in [0.1, 0.15) is 51.4 Å². The summed E-state index contributed by atoms with van der Waals surface area (Å²) in [6, 6.07) is 14.4. The van der Waals surface area contributed by atoms with Crippen molar-refractivity contribution in [2.24, 2.45) is 0 Å². The monoisotopic (exact) mass is 397 g/mol. The van der Waals surface area contributed by atoms with Gasteiger partial charge in [-0.05, 0) is 70.5 Å². The molecule has 0 aliphatic rings. The molecule has 0 saturated carbocycles. The van der Waals surface area contributed by atoms with Gasteiger partial charge < -0.3 is 20.7 Å². The second-order valence-electron chi connectivity index (χ2n) is 8.05. The van der Waals surface area contributed by atoms with E-state index in [1.165, 1.54) is 0 Å². The molecule has 3 N–H and O–H groups in total. The Morgan fingerprint density at radius 1 is 1.03 bits per heavy atom. The Morgan fingerprint density at radius 2 is 1.72 bits per heavy atom. The molecule has 0 aliphatic carbocycles. The van der Waals surface area contributed by atoms with E-state index in [0.717, 1.165) is 17.9 Å². The van der Waals surface area contributed by atoms with E-state index in [-0.39, 0.29) is 30.0 Å². The van der Waals surface area contributed by atoms with E-state index in [9.17, 15) is 9.59 Å². The summed E-state index contributed by atoms with van der Waals surface area (Å²) >= 11 is 0. The van der Waals surface area contributed by atoms with Crippen molar-refractivity contribution in [3.05, 3.63) is 54.1 Å². The summed E-state index contributed by atoms with van der Waals surface area (Å²) in [4.78, 5) is 24.4. The van der Waals surface area contributed by atoms with Crippen LogP contribution < -0.4 is 20.7 Å². The number of anilines is 2. The number of carbonyl (C=O) groups excluding carboxylic acids is 2. The van der Waals surface area contributed by atoms with Crippen molar-refractivity contribution in [3.8, 4) is 5.75 Å². The Balaban J connectivity index is 1.86. The van der Waals surface area contributed by atoms with Crippen LogP contribution in [0.15, 0.2) is 48.5 Å². The zero-order valence-electron chi connectivity index (χ0n) is 17.8. The molecule has 6 heteroatoms. The first-order valence-electron chi connectivity index (χ1n) is 9.89. The van der Waals surface area contributed by atoms with Crippen LogP contribution in [0.2, 0.25) is 0 Å². The van der Waals surface area contributed by atoms with E-state index in [1.807, 2.05) is 52.0 Å². The molecule has 0 aliphatic heterocycles. The molecule has 0 saturated heterocycles. The third-order valence-electron chi connectivity index (χ3n) is 4.12. The summed E-state index contributed by atoms with van der Waals surface area (Å²) < 4.78 is 5.78. The smallest absolute Gasteiger partial charge is 0.251 e. The molecule has 1 atom stereocenters. The second kappa shape index (κ2) is 9.96. The number of hydrogen-bond donors (Lipinski definition) is 3. The maximum absolute atomic E-state index is 12.2. The minimum Gasteiger partial charge on any atom is -0.491 e. The van der Waals surface area contributed by atoms with Crippen LogP contribution in [0.4, 0.5) is 11.4 Å². The number of nitrogens with one attached hydrogen (secondary N) is 3. The summed E-state index contributed by atoms with van der Waals surface area (Å²) in [5, 5.41) is 8.83. The molecule has 2 rings (SSSR count). The minimum atomic E-state index is -0.289. The van der Waals surface area contributed by atoms with Crippen LogP contribution in [0.3, 0.4) is 0 Å². The maximum Gasteiger partial charge on any atom is 0.251 e. The summed E-state index contributed by atoms with van der Waals surface area (Å²) in [6.07, 6.45) is 1.04. The predicted molar refractivity (Wildman–Crippen MR) is 118 cm³/mol. The number of ether oxygens (including phenoxy) is 1. The largest absolute Gasteiger partial charge is 0.491 e. The molecule has 0 heterocycles. The summed E-state index contributed by atoms with van der Waals surface area (Å²) in [5.74, 6) is 0.441. The van der Waals surface area contributed by atoms with Crippen molar-refractivity contribution in [1.82, 2.24) is 5.32 Å². The minimum absolute atomic E-state index is 0.115. The number of rotatable bonds is 8. The molecular weight excluding hydrogens is 366 g/mol. The van der Waals surface area contributed by atoms with Crippen molar-refractivity contribution >= 4 is 23.2 Å². The number of carbonyl (C=O) groups is 2. The van der Waals surface area contributed by atoms with Gasteiger partial charge in [-0.15, -0.1) is 0 Å². The zero-order chi connectivity index (χ0) is 21.4. The lowest BCUT2D eigenvalue weighted by Crippen LogP contribution is -2.40. The third kappa shape index (κ3) is 7.86. The second-order valence-corrected chi connectivity index (χ2v) is 8.05. The SMILES string of the molecule is CCC(C)Oc1cccc(NC(=O)CNc2ccc(C(=O)NC(C)(C)C)cc2)c1. The molecule has 0 radical (unpaired) electrons. The Hall–Kier alpha value is -3.02. The molecule has 1 unspecified atom stereocenters. The van der Waals surface area contributed by atoms with Crippen LogP contribution in [-0.4, -0.2) is 30.0 Å². The van der Waals surface area contributed by atoms with Gasteiger partial charge in [-0.2, -0.15) is 0 Å². The Morgan fingerprint density at radius 3 is 2.34 bits per heavy atom. The van der Waals surface area contributed by atoms with Gasteiger partial charge in [-0.1, -0.05) is 13.0 Å². The molecular formula is C23H31N3O3. The average Bonchev–Trinajstić information content (AvgIpc) is 2.65. The van der Waals surface area contributed by atoms with Gasteiger partial charge in [0.2, 0.25) is 5.91 Å². The molecule has 0 fully saturated rings. The molecule has 6 nitrogen and oxygen atoms in total. The van der Waals surface area contributed by atoms with Crippen molar-refractivity contribution < 1.29 is 14.3 Å². The van der Waals surface area contributed by atoms with Crippen molar-refractivity contribution in [1.29, 1.82) is 0 Å². The van der Waals surface area contributed by atoms with Crippen LogP contribution in [-0.2, 0) is 4.79 Å². The topological polar surface area (TPSA) is 79.5 Å². The highest BCUT2D eigenvalue weighted by Crippen LogP contribution is 2.19. The summed E-state index contributed by atoms with van der Waals surface area (Å²) in [6.45, 7) is 9.99. The van der Waals surface area contributed by atoms with E-state index in [1.54, 1.807) is 24.3 Å². The van der Waals surface area contributed by atoms with Gasteiger partial charge in [0, 0.05) is 28.5 Å². The standard InChI is InChI=1S/C23H31N3O3/c1-6-16(2)29-20-9-7-8-19(14-20)25-21(27)15-24-18-12-10-17(11-13-18)22(28)26-23(3,4)5/h7-14,16,24H,6,15H2,1-5H3,(H,25,27)(H,26,28). The molecule has 156 valence electrons. The van der Waals surface area contributed by atoms with Crippen LogP contribution >= 0.6 is 0 Å². The number of benzene rings is 2. The first-order chi connectivity index (χ1) is 13.7. The first kappa shape index (κ1) is 22.3. The summed E-state index contributed by atoms with van der Waals surface area (Å²) in [5.41, 5.74) is 1.74.